The molecule has 2 fully saturated rings. The summed E-state index contributed by atoms with van der Waals surface area (Å²) in [4.78, 5) is 21.7. The number of amides is 1. The van der Waals surface area contributed by atoms with Crippen molar-refractivity contribution in [3.63, 3.8) is 0 Å². The van der Waals surface area contributed by atoms with Crippen LogP contribution in [0.5, 0.6) is 0 Å². The first-order valence-corrected chi connectivity index (χ1v) is 14.6. The quantitative estimate of drug-likeness (QED) is 0.504. The molecule has 0 radical (unpaired) electrons. The summed E-state index contributed by atoms with van der Waals surface area (Å²) < 4.78 is 41.9. The molecule has 3 aromatic rings. The highest BCUT2D eigenvalue weighted by molar-refractivity contribution is 7.89. The molecular formula is C25H30FN5O3S2. The van der Waals surface area contributed by atoms with Crippen molar-refractivity contribution in [1.82, 2.24) is 19.5 Å². The van der Waals surface area contributed by atoms with Crippen molar-refractivity contribution in [2.24, 2.45) is 0 Å². The topological polar surface area (TPSA) is 85.9 Å². The second kappa shape index (κ2) is 10.8. The zero-order valence-corrected chi connectivity index (χ0v) is 21.7. The van der Waals surface area contributed by atoms with Crippen LogP contribution in [0, 0.1) is 5.82 Å². The number of anilines is 1. The van der Waals surface area contributed by atoms with Gasteiger partial charge in [0.1, 0.15) is 11.3 Å². The van der Waals surface area contributed by atoms with Crippen molar-refractivity contribution < 1.29 is 17.6 Å². The summed E-state index contributed by atoms with van der Waals surface area (Å²) in [5.74, 6) is -0.505. The van der Waals surface area contributed by atoms with Gasteiger partial charge >= 0.3 is 0 Å². The molecule has 2 aliphatic rings. The summed E-state index contributed by atoms with van der Waals surface area (Å²) in [6.45, 7) is 5.57. The number of thiazole rings is 1. The second-order valence-corrected chi connectivity index (χ2v) is 12.1. The molecule has 36 heavy (non-hydrogen) atoms. The highest BCUT2D eigenvalue weighted by atomic mass is 32.2. The summed E-state index contributed by atoms with van der Waals surface area (Å²) in [5.41, 5.74) is 0.875. The molecule has 2 saturated heterocycles. The summed E-state index contributed by atoms with van der Waals surface area (Å²) in [6, 6.07) is 11.2. The molecule has 8 nitrogen and oxygen atoms in total. The van der Waals surface area contributed by atoms with E-state index in [0.717, 1.165) is 61.8 Å². The van der Waals surface area contributed by atoms with Crippen molar-refractivity contribution in [2.75, 3.05) is 57.3 Å². The van der Waals surface area contributed by atoms with E-state index in [1.807, 2.05) is 6.07 Å². The van der Waals surface area contributed by atoms with Gasteiger partial charge in [0, 0.05) is 57.9 Å². The van der Waals surface area contributed by atoms with E-state index >= 15 is 0 Å². The highest BCUT2D eigenvalue weighted by Crippen LogP contribution is 2.30. The maximum absolute atomic E-state index is 14.0. The number of nitrogens with zero attached hydrogens (tertiary/aromatic N) is 4. The minimum Gasteiger partial charge on any atom is -0.351 e. The predicted molar refractivity (Wildman–Crippen MR) is 140 cm³/mol. The summed E-state index contributed by atoms with van der Waals surface area (Å²) in [5, 5.41) is 3.77. The van der Waals surface area contributed by atoms with E-state index < -0.39 is 10.0 Å². The largest absolute Gasteiger partial charge is 0.351 e. The van der Waals surface area contributed by atoms with Crippen LogP contribution in [0.4, 0.5) is 9.52 Å². The number of carbonyl (C=O) groups is 1. The maximum Gasteiger partial charge on any atom is 0.251 e. The Labute approximate surface area is 214 Å². The third-order valence-corrected chi connectivity index (χ3v) is 9.78. The maximum atomic E-state index is 14.0. The Morgan fingerprint density at radius 1 is 0.972 bits per heavy atom. The van der Waals surface area contributed by atoms with Gasteiger partial charge in [-0.2, -0.15) is 4.31 Å². The molecule has 0 aliphatic carbocycles. The Morgan fingerprint density at radius 2 is 1.69 bits per heavy atom. The lowest BCUT2D eigenvalue weighted by molar-refractivity contribution is 0.0947. The average molecular weight is 532 g/mol. The molecule has 3 heterocycles. The van der Waals surface area contributed by atoms with E-state index in [1.165, 1.54) is 33.8 Å². The minimum absolute atomic E-state index is 0.216. The smallest absolute Gasteiger partial charge is 0.251 e. The van der Waals surface area contributed by atoms with Gasteiger partial charge in [-0.15, -0.1) is 0 Å². The molecule has 0 saturated carbocycles. The molecule has 5 rings (SSSR count). The minimum atomic E-state index is -3.50. The molecule has 2 aliphatic heterocycles. The molecule has 1 aromatic heterocycles. The number of para-hydroxylation sites is 1. The van der Waals surface area contributed by atoms with Crippen molar-refractivity contribution >= 4 is 42.6 Å². The van der Waals surface area contributed by atoms with Gasteiger partial charge in [-0.25, -0.2) is 17.8 Å². The normalized spacial score (nSPS) is 18.0. The van der Waals surface area contributed by atoms with E-state index in [4.69, 9.17) is 0 Å². The van der Waals surface area contributed by atoms with Crippen LogP contribution in [-0.2, 0) is 10.0 Å². The van der Waals surface area contributed by atoms with Crippen LogP contribution in [-0.4, -0.2) is 80.9 Å². The van der Waals surface area contributed by atoms with Gasteiger partial charge in [0.15, 0.2) is 5.13 Å². The third kappa shape index (κ3) is 5.39. The number of piperidine rings is 1. The SMILES string of the molecule is O=C(NCCN1CCN(c2nc3c(F)cccc3s2)CC1)c1ccc(S(=O)(=O)N2CCCCC2)cc1. The number of piperazine rings is 1. The van der Waals surface area contributed by atoms with E-state index in [-0.39, 0.29) is 16.6 Å². The number of halogens is 1. The van der Waals surface area contributed by atoms with Gasteiger partial charge in [-0.3, -0.25) is 9.69 Å². The molecule has 0 bridgehead atoms. The molecule has 0 atom stereocenters. The van der Waals surface area contributed by atoms with Gasteiger partial charge in [-0.05, 0) is 49.2 Å². The summed E-state index contributed by atoms with van der Waals surface area (Å²) >= 11 is 1.51. The standard InChI is InChI=1S/C25H30FN5O3S2/c26-21-5-4-6-22-23(21)28-25(35-22)30-17-15-29(16-18-30)14-11-27-24(32)19-7-9-20(10-8-19)36(33,34)31-12-2-1-3-13-31/h4-10H,1-3,11-18H2,(H,27,32). The number of benzene rings is 2. The monoisotopic (exact) mass is 531 g/mol. The van der Waals surface area contributed by atoms with Crippen molar-refractivity contribution in [3.05, 3.63) is 53.8 Å². The highest BCUT2D eigenvalue weighted by Gasteiger charge is 2.26. The lowest BCUT2D eigenvalue weighted by Gasteiger charge is -2.34. The number of hydrogen-bond acceptors (Lipinski definition) is 7. The number of carbonyl (C=O) groups excluding carboxylic acids is 1. The molecule has 11 heteroatoms. The van der Waals surface area contributed by atoms with Gasteiger partial charge in [0.05, 0.1) is 9.60 Å². The van der Waals surface area contributed by atoms with Crippen LogP contribution in [0.3, 0.4) is 0 Å². The number of nitrogens with one attached hydrogen (secondary N) is 1. The first kappa shape index (κ1) is 25.1. The van der Waals surface area contributed by atoms with Gasteiger partial charge in [0.2, 0.25) is 10.0 Å². The molecule has 1 amide bonds. The van der Waals surface area contributed by atoms with Gasteiger partial charge in [0.25, 0.3) is 5.91 Å². The number of rotatable bonds is 7. The van der Waals surface area contributed by atoms with Crippen LogP contribution in [0.1, 0.15) is 29.6 Å². The van der Waals surface area contributed by atoms with Crippen LogP contribution in [0.25, 0.3) is 10.2 Å². The van der Waals surface area contributed by atoms with Crippen LogP contribution >= 0.6 is 11.3 Å². The Bertz CT molecular complexity index is 1320. The molecule has 1 N–H and O–H groups in total. The third-order valence-electron chi connectivity index (χ3n) is 6.78. The van der Waals surface area contributed by atoms with E-state index in [2.05, 4.69) is 20.1 Å². The predicted octanol–water partition coefficient (Wildman–Crippen LogP) is 3.16. The zero-order chi connectivity index (χ0) is 25.1. The Balaban J connectivity index is 1.08. The Kier molecular flexibility index (Phi) is 7.52. The van der Waals surface area contributed by atoms with Gasteiger partial charge < -0.3 is 10.2 Å². The number of sulfonamides is 1. The van der Waals surface area contributed by atoms with E-state index in [0.29, 0.717) is 30.7 Å². The van der Waals surface area contributed by atoms with E-state index in [9.17, 15) is 17.6 Å². The first-order chi connectivity index (χ1) is 17.4. The van der Waals surface area contributed by atoms with Crippen LogP contribution in [0.15, 0.2) is 47.4 Å². The Hall–Kier alpha value is -2.60. The first-order valence-electron chi connectivity index (χ1n) is 12.3. The molecular weight excluding hydrogens is 501 g/mol. The summed E-state index contributed by atoms with van der Waals surface area (Å²) in [6.07, 6.45) is 2.83. The zero-order valence-electron chi connectivity index (χ0n) is 20.0. The Morgan fingerprint density at radius 3 is 2.39 bits per heavy atom. The average Bonchev–Trinajstić information content (AvgIpc) is 3.35. The van der Waals surface area contributed by atoms with E-state index in [1.54, 1.807) is 18.2 Å². The lowest BCUT2D eigenvalue weighted by atomic mass is 10.2. The van der Waals surface area contributed by atoms with Gasteiger partial charge in [-0.1, -0.05) is 23.8 Å². The molecule has 0 spiro atoms. The van der Waals surface area contributed by atoms with Crippen LogP contribution in [0.2, 0.25) is 0 Å². The fourth-order valence-corrected chi connectivity index (χ4v) is 7.21. The van der Waals surface area contributed by atoms with Crippen LogP contribution < -0.4 is 10.2 Å². The number of fused-ring (bicyclic) bond motifs is 1. The number of aromatic nitrogens is 1. The summed E-state index contributed by atoms with van der Waals surface area (Å²) in [7, 11) is -3.50. The van der Waals surface area contributed by atoms with Crippen molar-refractivity contribution in [2.45, 2.75) is 24.2 Å². The fraction of sp³-hybridized carbons (Fsp3) is 0.440. The molecule has 0 unspecified atom stereocenters. The lowest BCUT2D eigenvalue weighted by Crippen LogP contribution is -2.48. The van der Waals surface area contributed by atoms with Crippen molar-refractivity contribution in [1.29, 1.82) is 0 Å². The second-order valence-electron chi connectivity index (χ2n) is 9.16. The molecule has 2 aromatic carbocycles. The fourth-order valence-electron chi connectivity index (χ4n) is 4.66. The van der Waals surface area contributed by atoms with Crippen molar-refractivity contribution in [3.8, 4) is 0 Å². The number of hydrogen-bond donors (Lipinski definition) is 1. The molecule has 192 valence electrons.